The van der Waals surface area contributed by atoms with E-state index in [0.29, 0.717) is 32.3 Å². The molecule has 2 N–H and O–H groups in total. The fourth-order valence-electron chi connectivity index (χ4n) is 2.83. The summed E-state index contributed by atoms with van der Waals surface area (Å²) >= 11 is 0. The summed E-state index contributed by atoms with van der Waals surface area (Å²) in [6.45, 7) is 3.48. The van der Waals surface area contributed by atoms with E-state index in [0.717, 1.165) is 38.1 Å². The number of ether oxygens (including phenoxy) is 2. The van der Waals surface area contributed by atoms with Crippen molar-refractivity contribution in [2.45, 2.75) is 37.0 Å². The zero-order chi connectivity index (χ0) is 13.1. The van der Waals surface area contributed by atoms with E-state index in [2.05, 4.69) is 10.1 Å². The van der Waals surface area contributed by atoms with Crippen molar-refractivity contribution in [1.29, 1.82) is 0 Å². The van der Waals surface area contributed by atoms with Crippen LogP contribution >= 0.6 is 0 Å². The molecule has 0 aromatic carbocycles. The van der Waals surface area contributed by atoms with Gasteiger partial charge in [-0.3, -0.25) is 0 Å². The molecule has 1 aromatic heterocycles. The van der Waals surface area contributed by atoms with E-state index >= 15 is 0 Å². The predicted octanol–water partition coefficient (Wildman–Crippen LogP) is 0.970. The van der Waals surface area contributed by atoms with Crippen molar-refractivity contribution in [3.63, 3.8) is 0 Å². The maximum Gasteiger partial charge on any atom is 0.234 e. The molecule has 6 nitrogen and oxygen atoms in total. The van der Waals surface area contributed by atoms with Crippen molar-refractivity contribution in [1.82, 2.24) is 10.1 Å². The summed E-state index contributed by atoms with van der Waals surface area (Å²) in [6.07, 6.45) is 3.83. The second-order valence-corrected chi connectivity index (χ2v) is 5.47. The van der Waals surface area contributed by atoms with Crippen LogP contribution in [0.25, 0.3) is 0 Å². The highest BCUT2D eigenvalue weighted by Gasteiger charge is 2.39. The number of nitrogens with zero attached hydrogens (tertiary/aromatic N) is 2. The van der Waals surface area contributed by atoms with Gasteiger partial charge in [0.1, 0.15) is 0 Å². The first kappa shape index (κ1) is 13.0. The van der Waals surface area contributed by atoms with Crippen molar-refractivity contribution < 1.29 is 14.0 Å². The lowest BCUT2D eigenvalue weighted by Gasteiger charge is -2.32. The van der Waals surface area contributed by atoms with Gasteiger partial charge in [0.15, 0.2) is 5.82 Å². The van der Waals surface area contributed by atoms with Gasteiger partial charge in [0.05, 0.1) is 12.0 Å². The van der Waals surface area contributed by atoms with Gasteiger partial charge in [0.2, 0.25) is 5.89 Å². The number of hydrogen-bond acceptors (Lipinski definition) is 6. The summed E-state index contributed by atoms with van der Waals surface area (Å²) < 4.78 is 16.4. The molecule has 2 aliphatic heterocycles. The minimum absolute atomic E-state index is 0.195. The van der Waals surface area contributed by atoms with Gasteiger partial charge in [-0.05, 0) is 25.7 Å². The lowest BCUT2D eigenvalue weighted by atomic mass is 9.80. The molecule has 0 bridgehead atoms. The first-order valence-electron chi connectivity index (χ1n) is 7.04. The van der Waals surface area contributed by atoms with Crippen molar-refractivity contribution in [3.8, 4) is 0 Å². The molecule has 2 aliphatic rings. The molecule has 0 aliphatic carbocycles. The van der Waals surface area contributed by atoms with E-state index in [1.165, 1.54) is 0 Å². The summed E-state index contributed by atoms with van der Waals surface area (Å²) in [5.41, 5.74) is 5.75. The Bertz CT molecular complexity index is 409. The third-order valence-electron chi connectivity index (χ3n) is 4.26. The molecule has 1 aromatic rings. The molecule has 106 valence electrons. The molecular formula is C13H21N3O3. The monoisotopic (exact) mass is 267 g/mol. The van der Waals surface area contributed by atoms with Crippen molar-refractivity contribution in [3.05, 3.63) is 11.7 Å². The van der Waals surface area contributed by atoms with E-state index < -0.39 is 0 Å². The molecule has 2 saturated heterocycles. The smallest absolute Gasteiger partial charge is 0.234 e. The van der Waals surface area contributed by atoms with Crippen molar-refractivity contribution in [2.75, 3.05) is 33.0 Å². The second-order valence-electron chi connectivity index (χ2n) is 5.47. The molecule has 0 saturated carbocycles. The Kier molecular flexibility index (Phi) is 3.81. The fourth-order valence-corrected chi connectivity index (χ4v) is 2.83. The Morgan fingerprint density at radius 1 is 1.21 bits per heavy atom. The molecule has 19 heavy (non-hydrogen) atoms. The highest BCUT2D eigenvalue weighted by molar-refractivity contribution is 5.09. The van der Waals surface area contributed by atoms with Crippen LogP contribution in [0, 0.1) is 0 Å². The van der Waals surface area contributed by atoms with Crippen LogP contribution < -0.4 is 5.73 Å². The zero-order valence-corrected chi connectivity index (χ0v) is 11.1. The summed E-state index contributed by atoms with van der Waals surface area (Å²) in [6, 6.07) is 0. The third-order valence-corrected chi connectivity index (χ3v) is 4.26. The molecule has 6 heteroatoms. The van der Waals surface area contributed by atoms with Crippen LogP contribution in [0.5, 0.6) is 0 Å². The highest BCUT2D eigenvalue weighted by atomic mass is 16.5. The first-order valence-corrected chi connectivity index (χ1v) is 7.04. The van der Waals surface area contributed by atoms with E-state index in [-0.39, 0.29) is 11.3 Å². The van der Waals surface area contributed by atoms with Gasteiger partial charge in [-0.25, -0.2) is 0 Å². The molecular weight excluding hydrogens is 246 g/mol. The van der Waals surface area contributed by atoms with E-state index in [9.17, 15) is 0 Å². The van der Waals surface area contributed by atoms with Crippen LogP contribution in [0.3, 0.4) is 0 Å². The van der Waals surface area contributed by atoms with Crippen LogP contribution in [-0.2, 0) is 14.9 Å². The zero-order valence-electron chi connectivity index (χ0n) is 11.1. The molecule has 0 radical (unpaired) electrons. The Hall–Kier alpha value is -0.980. The van der Waals surface area contributed by atoms with Gasteiger partial charge in [-0.1, -0.05) is 5.16 Å². The van der Waals surface area contributed by atoms with Crippen LogP contribution in [0.1, 0.15) is 43.3 Å². The SMILES string of the molecule is NCC1(c2nc(C3CCCOC3)no2)CCOCC1. The standard InChI is InChI=1S/C13H21N3O3/c14-9-13(3-6-17-7-4-13)12-15-11(16-19-12)10-2-1-5-18-8-10/h10H,1-9,14H2. The molecule has 0 amide bonds. The van der Waals surface area contributed by atoms with Gasteiger partial charge in [-0.15, -0.1) is 0 Å². The molecule has 1 unspecified atom stereocenters. The third kappa shape index (κ3) is 2.52. The summed E-state index contributed by atoms with van der Waals surface area (Å²) in [5.74, 6) is 1.72. The van der Waals surface area contributed by atoms with Crippen LogP contribution in [-0.4, -0.2) is 43.1 Å². The van der Waals surface area contributed by atoms with Crippen LogP contribution in [0.15, 0.2) is 4.52 Å². The van der Waals surface area contributed by atoms with Crippen molar-refractivity contribution >= 4 is 0 Å². The minimum Gasteiger partial charge on any atom is -0.381 e. The second kappa shape index (κ2) is 5.56. The van der Waals surface area contributed by atoms with Gasteiger partial charge in [0.25, 0.3) is 0 Å². The topological polar surface area (TPSA) is 83.4 Å². The maximum absolute atomic E-state index is 5.95. The lowest BCUT2D eigenvalue weighted by molar-refractivity contribution is 0.0408. The van der Waals surface area contributed by atoms with E-state index in [1.807, 2.05) is 0 Å². The minimum atomic E-state index is -0.195. The van der Waals surface area contributed by atoms with Crippen LogP contribution in [0.4, 0.5) is 0 Å². The molecule has 1 atom stereocenters. The van der Waals surface area contributed by atoms with Crippen molar-refractivity contribution in [2.24, 2.45) is 5.73 Å². The molecule has 2 fully saturated rings. The summed E-state index contributed by atoms with van der Waals surface area (Å²) in [5, 5.41) is 4.15. The highest BCUT2D eigenvalue weighted by Crippen LogP contribution is 2.34. The molecule has 3 rings (SSSR count). The number of rotatable bonds is 3. The number of hydrogen-bond donors (Lipinski definition) is 1. The molecule has 3 heterocycles. The average molecular weight is 267 g/mol. The predicted molar refractivity (Wildman–Crippen MR) is 67.9 cm³/mol. The Balaban J connectivity index is 1.79. The average Bonchev–Trinajstić information content (AvgIpc) is 2.99. The normalized spacial score (nSPS) is 27.3. The Labute approximate surface area is 112 Å². The Morgan fingerprint density at radius 3 is 2.74 bits per heavy atom. The van der Waals surface area contributed by atoms with E-state index in [4.69, 9.17) is 19.7 Å². The first-order chi connectivity index (χ1) is 9.34. The number of aromatic nitrogens is 2. The van der Waals surface area contributed by atoms with Gasteiger partial charge < -0.3 is 19.7 Å². The Morgan fingerprint density at radius 2 is 2.05 bits per heavy atom. The largest absolute Gasteiger partial charge is 0.381 e. The van der Waals surface area contributed by atoms with Gasteiger partial charge in [0, 0.05) is 32.3 Å². The summed E-state index contributed by atoms with van der Waals surface area (Å²) in [7, 11) is 0. The number of nitrogens with two attached hydrogens (primary N) is 1. The van der Waals surface area contributed by atoms with Gasteiger partial charge >= 0.3 is 0 Å². The maximum atomic E-state index is 5.95. The lowest BCUT2D eigenvalue weighted by Crippen LogP contribution is -2.41. The fraction of sp³-hybridized carbons (Fsp3) is 0.846. The quantitative estimate of drug-likeness (QED) is 0.878. The summed E-state index contributed by atoms with van der Waals surface area (Å²) in [4.78, 5) is 4.61. The van der Waals surface area contributed by atoms with Gasteiger partial charge in [-0.2, -0.15) is 4.98 Å². The van der Waals surface area contributed by atoms with E-state index in [1.54, 1.807) is 0 Å². The molecule has 0 spiro atoms. The van der Waals surface area contributed by atoms with Crippen LogP contribution in [0.2, 0.25) is 0 Å².